The van der Waals surface area contributed by atoms with Crippen molar-refractivity contribution in [2.45, 2.75) is 31.6 Å². The summed E-state index contributed by atoms with van der Waals surface area (Å²) in [6.07, 6.45) is 1.08. The maximum absolute atomic E-state index is 13.0. The van der Waals surface area contributed by atoms with E-state index in [1.54, 1.807) is 32.0 Å². The van der Waals surface area contributed by atoms with Crippen LogP contribution in [0.1, 0.15) is 34.7 Å². The van der Waals surface area contributed by atoms with Gasteiger partial charge in [0.15, 0.2) is 5.76 Å². The number of piperidine rings is 1. The zero-order valence-electron chi connectivity index (χ0n) is 15.6. The topological polar surface area (TPSA) is 136 Å². The van der Waals surface area contributed by atoms with Crippen molar-refractivity contribution >= 4 is 27.5 Å². The highest BCUT2D eigenvalue weighted by molar-refractivity contribution is 7.89. The van der Waals surface area contributed by atoms with Gasteiger partial charge in [0.05, 0.1) is 17.2 Å². The number of amides is 2. The Balaban J connectivity index is 1.78. The quantitative estimate of drug-likeness (QED) is 0.771. The number of benzene rings is 1. The maximum atomic E-state index is 13.0. The van der Waals surface area contributed by atoms with Crippen LogP contribution in [-0.2, 0) is 14.8 Å². The van der Waals surface area contributed by atoms with E-state index in [1.165, 1.54) is 10.4 Å². The molecule has 1 aromatic carbocycles. The van der Waals surface area contributed by atoms with Gasteiger partial charge in [0.1, 0.15) is 10.6 Å². The third kappa shape index (κ3) is 3.78. The van der Waals surface area contributed by atoms with Crippen LogP contribution in [0.2, 0.25) is 0 Å². The zero-order valence-corrected chi connectivity index (χ0v) is 16.5. The average Bonchev–Trinajstić information content (AvgIpc) is 3.01. The lowest BCUT2D eigenvalue weighted by Gasteiger charge is -2.31. The highest BCUT2D eigenvalue weighted by Crippen LogP contribution is 2.28. The maximum Gasteiger partial charge on any atom is 0.250 e. The van der Waals surface area contributed by atoms with Crippen LogP contribution in [0.15, 0.2) is 33.7 Å². The first kappa shape index (κ1) is 20.0. The third-order valence-electron chi connectivity index (χ3n) is 4.77. The largest absolute Gasteiger partial charge is 0.366 e. The number of para-hydroxylation sites is 1. The molecule has 2 aromatic rings. The molecule has 150 valence electrons. The Morgan fingerprint density at radius 2 is 2.00 bits per heavy atom. The number of hydrogen-bond donors (Lipinski definition) is 2. The average molecular weight is 406 g/mol. The van der Waals surface area contributed by atoms with Gasteiger partial charge >= 0.3 is 0 Å². The normalized spacial score (nSPS) is 18.0. The number of anilines is 1. The van der Waals surface area contributed by atoms with Crippen LogP contribution in [0.5, 0.6) is 0 Å². The number of aromatic nitrogens is 1. The Morgan fingerprint density at radius 3 is 2.64 bits per heavy atom. The van der Waals surface area contributed by atoms with Crippen molar-refractivity contribution in [2.24, 2.45) is 11.7 Å². The molecule has 0 saturated carbocycles. The number of nitrogens with two attached hydrogens (primary N) is 1. The molecule has 0 aliphatic carbocycles. The van der Waals surface area contributed by atoms with Crippen molar-refractivity contribution in [3.63, 3.8) is 0 Å². The minimum Gasteiger partial charge on any atom is -0.366 e. The van der Waals surface area contributed by atoms with E-state index in [1.807, 2.05) is 0 Å². The molecule has 1 saturated heterocycles. The van der Waals surface area contributed by atoms with Gasteiger partial charge in [-0.05, 0) is 38.8 Å². The van der Waals surface area contributed by atoms with Crippen molar-refractivity contribution in [2.75, 3.05) is 18.4 Å². The van der Waals surface area contributed by atoms with Gasteiger partial charge < -0.3 is 15.6 Å². The Kier molecular flexibility index (Phi) is 5.52. The number of hydrogen-bond acceptors (Lipinski definition) is 6. The van der Waals surface area contributed by atoms with Crippen LogP contribution in [0.25, 0.3) is 0 Å². The minimum absolute atomic E-state index is 0.0387. The molecule has 2 amide bonds. The number of carbonyl (C=O) groups is 2. The molecule has 1 aliphatic rings. The third-order valence-corrected chi connectivity index (χ3v) is 6.88. The Labute approximate surface area is 162 Å². The van der Waals surface area contributed by atoms with Gasteiger partial charge in [-0.1, -0.05) is 17.3 Å². The first-order chi connectivity index (χ1) is 13.2. The summed E-state index contributed by atoms with van der Waals surface area (Å²) in [7, 11) is -3.82. The summed E-state index contributed by atoms with van der Waals surface area (Å²) in [6, 6.07) is 6.43. The fourth-order valence-electron chi connectivity index (χ4n) is 3.39. The molecule has 3 N–H and O–H groups in total. The first-order valence-electron chi connectivity index (χ1n) is 8.84. The molecule has 9 nitrogen and oxygen atoms in total. The van der Waals surface area contributed by atoms with Gasteiger partial charge in [-0.25, -0.2) is 8.42 Å². The molecule has 1 aromatic heterocycles. The van der Waals surface area contributed by atoms with E-state index < -0.39 is 21.8 Å². The van der Waals surface area contributed by atoms with Crippen LogP contribution in [0.3, 0.4) is 0 Å². The predicted octanol–water partition coefficient (Wildman–Crippen LogP) is 1.43. The minimum atomic E-state index is -3.82. The second-order valence-electron chi connectivity index (χ2n) is 6.75. The molecule has 10 heteroatoms. The summed E-state index contributed by atoms with van der Waals surface area (Å²) in [4.78, 5) is 24.3. The van der Waals surface area contributed by atoms with Gasteiger partial charge in [-0.15, -0.1) is 0 Å². The molecule has 28 heavy (non-hydrogen) atoms. The van der Waals surface area contributed by atoms with Crippen molar-refractivity contribution in [3.8, 4) is 0 Å². The lowest BCUT2D eigenvalue weighted by Crippen LogP contribution is -2.44. The zero-order chi connectivity index (χ0) is 20.5. The van der Waals surface area contributed by atoms with Crippen LogP contribution >= 0.6 is 0 Å². The van der Waals surface area contributed by atoms with Gasteiger partial charge in [-0.3, -0.25) is 9.59 Å². The van der Waals surface area contributed by atoms with Gasteiger partial charge in [0, 0.05) is 13.1 Å². The van der Waals surface area contributed by atoms with Crippen LogP contribution in [0.4, 0.5) is 5.69 Å². The van der Waals surface area contributed by atoms with Gasteiger partial charge in [-0.2, -0.15) is 4.31 Å². The standard InChI is InChI=1S/C18H22N4O5S/c1-11-16(12(2)27-21-11)28(25,26)22-9-5-6-13(10-22)18(24)20-15-8-4-3-7-14(15)17(19)23/h3-4,7-8,13H,5-6,9-10H2,1-2H3,(H2,19,23)(H,20,24). The molecular formula is C18H22N4O5S. The molecule has 2 heterocycles. The SMILES string of the molecule is Cc1noc(C)c1S(=O)(=O)N1CCCC(C(=O)Nc2ccccc2C(N)=O)C1. The number of primary amides is 1. The second kappa shape index (κ2) is 7.72. The monoisotopic (exact) mass is 406 g/mol. The van der Waals surface area contributed by atoms with Crippen LogP contribution in [0, 0.1) is 19.8 Å². The Hall–Kier alpha value is -2.72. The van der Waals surface area contributed by atoms with E-state index in [0.717, 1.165) is 0 Å². The van der Waals surface area contributed by atoms with E-state index >= 15 is 0 Å². The van der Waals surface area contributed by atoms with E-state index in [9.17, 15) is 18.0 Å². The molecule has 1 aliphatic heterocycles. The molecular weight excluding hydrogens is 384 g/mol. The van der Waals surface area contributed by atoms with E-state index in [4.69, 9.17) is 10.3 Å². The van der Waals surface area contributed by atoms with E-state index in [-0.39, 0.29) is 28.7 Å². The summed E-state index contributed by atoms with van der Waals surface area (Å²) in [6.45, 7) is 3.46. The highest BCUT2D eigenvalue weighted by atomic mass is 32.2. The van der Waals surface area contributed by atoms with Gasteiger partial charge in [0.2, 0.25) is 15.9 Å². The molecule has 1 unspecified atom stereocenters. The molecule has 3 rings (SSSR count). The first-order valence-corrected chi connectivity index (χ1v) is 10.3. The van der Waals surface area contributed by atoms with Crippen molar-refractivity contribution < 1.29 is 22.5 Å². The number of carbonyl (C=O) groups excluding carboxylic acids is 2. The fourth-order valence-corrected chi connectivity index (χ4v) is 5.20. The summed E-state index contributed by atoms with van der Waals surface area (Å²) in [5, 5.41) is 6.41. The molecule has 1 fully saturated rings. The number of nitrogens with one attached hydrogen (secondary N) is 1. The summed E-state index contributed by atoms with van der Waals surface area (Å²) < 4.78 is 32.3. The smallest absolute Gasteiger partial charge is 0.250 e. The van der Waals surface area contributed by atoms with Gasteiger partial charge in [0.25, 0.3) is 5.91 Å². The van der Waals surface area contributed by atoms with Crippen molar-refractivity contribution in [3.05, 3.63) is 41.3 Å². The molecule has 1 atom stereocenters. The highest BCUT2D eigenvalue weighted by Gasteiger charge is 2.36. The lowest BCUT2D eigenvalue weighted by atomic mass is 9.98. The molecule has 0 bridgehead atoms. The Bertz CT molecular complexity index is 995. The second-order valence-corrected chi connectivity index (χ2v) is 8.63. The number of rotatable bonds is 5. The fraction of sp³-hybridized carbons (Fsp3) is 0.389. The predicted molar refractivity (Wildman–Crippen MR) is 101 cm³/mol. The van der Waals surface area contributed by atoms with Crippen molar-refractivity contribution in [1.82, 2.24) is 9.46 Å². The van der Waals surface area contributed by atoms with E-state index in [0.29, 0.717) is 30.8 Å². The summed E-state index contributed by atoms with van der Waals surface area (Å²) in [5.74, 6) is -1.33. The number of sulfonamides is 1. The van der Waals surface area contributed by atoms with Crippen LogP contribution < -0.4 is 11.1 Å². The van der Waals surface area contributed by atoms with Crippen molar-refractivity contribution in [1.29, 1.82) is 0 Å². The molecule has 0 spiro atoms. The number of nitrogens with zero attached hydrogens (tertiary/aromatic N) is 2. The molecule has 0 radical (unpaired) electrons. The summed E-state index contributed by atoms with van der Waals surface area (Å²) in [5.41, 5.74) is 6.14. The number of aryl methyl sites for hydroxylation is 2. The van der Waals surface area contributed by atoms with Crippen LogP contribution in [-0.4, -0.2) is 42.8 Å². The summed E-state index contributed by atoms with van der Waals surface area (Å²) >= 11 is 0. The van der Waals surface area contributed by atoms with E-state index in [2.05, 4.69) is 10.5 Å². The Morgan fingerprint density at radius 1 is 1.29 bits per heavy atom. The lowest BCUT2D eigenvalue weighted by molar-refractivity contribution is -0.120.